The Hall–Kier alpha value is -4.21. The molecule has 2 heterocycles. The fraction of sp³-hybridized carbons (Fsp3) is 0.320. The van der Waals surface area contributed by atoms with Crippen LogP contribution in [-0.4, -0.2) is 47.6 Å². The van der Waals surface area contributed by atoms with Crippen molar-refractivity contribution >= 4 is 40.4 Å². The van der Waals surface area contributed by atoms with E-state index in [2.05, 4.69) is 20.6 Å². The molecule has 3 aromatic rings. The standard InChI is InChI=1S/C25H29N5O5/c1-14(31)30(15(2)32)22-12-21-17(13-26-22)10-20(16-8-18(34-6)11-19(9-16)35-7)23(27-21)28-24(33)29-25(3,4)5/h8-13H,1-7H3,(H2,27,28,29,33). The third-order valence-corrected chi connectivity index (χ3v) is 4.93. The third kappa shape index (κ3) is 6.03. The van der Waals surface area contributed by atoms with E-state index in [-0.39, 0.29) is 11.6 Å². The molecule has 35 heavy (non-hydrogen) atoms. The number of imide groups is 1. The first-order valence-corrected chi connectivity index (χ1v) is 10.9. The van der Waals surface area contributed by atoms with E-state index in [1.165, 1.54) is 26.1 Å². The van der Waals surface area contributed by atoms with Gasteiger partial charge >= 0.3 is 6.03 Å². The van der Waals surface area contributed by atoms with Crippen LogP contribution in [-0.2, 0) is 9.59 Å². The highest BCUT2D eigenvalue weighted by Crippen LogP contribution is 2.35. The van der Waals surface area contributed by atoms with Crippen LogP contribution in [0.1, 0.15) is 34.6 Å². The Morgan fingerprint density at radius 1 is 0.914 bits per heavy atom. The number of urea groups is 1. The summed E-state index contributed by atoms with van der Waals surface area (Å²) in [6.07, 6.45) is 1.52. The number of nitrogens with zero attached hydrogens (tertiary/aromatic N) is 3. The molecule has 0 radical (unpaired) electrons. The molecule has 0 fully saturated rings. The van der Waals surface area contributed by atoms with Gasteiger partial charge < -0.3 is 14.8 Å². The maximum absolute atomic E-state index is 12.7. The normalized spacial score (nSPS) is 11.1. The second-order valence-corrected chi connectivity index (χ2v) is 8.92. The van der Waals surface area contributed by atoms with Crippen molar-refractivity contribution in [3.8, 4) is 22.6 Å². The van der Waals surface area contributed by atoms with E-state index in [1.54, 1.807) is 32.4 Å². The van der Waals surface area contributed by atoms with Crippen molar-refractivity contribution in [1.82, 2.24) is 15.3 Å². The minimum Gasteiger partial charge on any atom is -0.497 e. The average Bonchev–Trinajstić information content (AvgIpc) is 2.76. The summed E-state index contributed by atoms with van der Waals surface area (Å²) in [5, 5.41) is 6.30. The number of carbonyl (C=O) groups excluding carboxylic acids is 3. The van der Waals surface area contributed by atoms with Gasteiger partial charge in [-0.15, -0.1) is 0 Å². The third-order valence-electron chi connectivity index (χ3n) is 4.93. The van der Waals surface area contributed by atoms with Gasteiger partial charge in [-0.05, 0) is 44.5 Å². The Morgan fingerprint density at radius 2 is 1.51 bits per heavy atom. The van der Waals surface area contributed by atoms with Crippen LogP contribution in [0.15, 0.2) is 36.5 Å². The van der Waals surface area contributed by atoms with Gasteiger partial charge in [0.25, 0.3) is 0 Å². The summed E-state index contributed by atoms with van der Waals surface area (Å²) in [7, 11) is 3.10. The van der Waals surface area contributed by atoms with Crippen molar-refractivity contribution in [1.29, 1.82) is 0 Å². The lowest BCUT2D eigenvalue weighted by Gasteiger charge is -2.22. The van der Waals surface area contributed by atoms with Gasteiger partial charge in [-0.2, -0.15) is 0 Å². The van der Waals surface area contributed by atoms with Crippen molar-refractivity contribution in [2.45, 2.75) is 40.2 Å². The number of rotatable bonds is 5. The summed E-state index contributed by atoms with van der Waals surface area (Å²) in [5.74, 6) is 0.614. The zero-order valence-electron chi connectivity index (χ0n) is 20.8. The molecule has 2 N–H and O–H groups in total. The first kappa shape index (κ1) is 25.4. The molecule has 3 rings (SSSR count). The zero-order valence-corrected chi connectivity index (χ0v) is 20.8. The summed E-state index contributed by atoms with van der Waals surface area (Å²) in [6.45, 7) is 8.16. The van der Waals surface area contributed by atoms with E-state index in [9.17, 15) is 14.4 Å². The maximum atomic E-state index is 12.7. The van der Waals surface area contributed by atoms with Crippen LogP contribution in [0.4, 0.5) is 16.4 Å². The van der Waals surface area contributed by atoms with E-state index >= 15 is 0 Å². The van der Waals surface area contributed by atoms with Gasteiger partial charge in [-0.3, -0.25) is 14.9 Å². The highest BCUT2D eigenvalue weighted by Gasteiger charge is 2.21. The van der Waals surface area contributed by atoms with Crippen LogP contribution in [0, 0.1) is 0 Å². The molecule has 0 aliphatic heterocycles. The van der Waals surface area contributed by atoms with Gasteiger partial charge in [0, 0.05) is 48.7 Å². The van der Waals surface area contributed by atoms with Gasteiger partial charge in [0.1, 0.15) is 23.1 Å². The van der Waals surface area contributed by atoms with Crippen LogP contribution in [0.25, 0.3) is 22.0 Å². The van der Waals surface area contributed by atoms with E-state index in [0.717, 1.165) is 4.90 Å². The van der Waals surface area contributed by atoms with E-state index in [4.69, 9.17) is 9.47 Å². The minimum atomic E-state index is -0.471. The molecule has 2 aromatic heterocycles. The molecule has 10 nitrogen and oxygen atoms in total. The molecule has 0 atom stereocenters. The fourth-order valence-corrected chi connectivity index (χ4v) is 3.48. The number of fused-ring (bicyclic) bond motifs is 1. The first-order chi connectivity index (χ1) is 16.4. The van der Waals surface area contributed by atoms with E-state index in [1.807, 2.05) is 26.8 Å². The Morgan fingerprint density at radius 3 is 2.03 bits per heavy atom. The number of hydrogen-bond acceptors (Lipinski definition) is 7. The van der Waals surface area contributed by atoms with E-state index < -0.39 is 23.4 Å². The molecule has 1 aromatic carbocycles. The molecule has 0 saturated heterocycles. The largest absolute Gasteiger partial charge is 0.497 e. The summed E-state index contributed by atoms with van der Waals surface area (Å²) in [6, 6.07) is 8.24. The summed E-state index contributed by atoms with van der Waals surface area (Å²) >= 11 is 0. The van der Waals surface area contributed by atoms with Crippen LogP contribution >= 0.6 is 0 Å². The Labute approximate surface area is 203 Å². The summed E-state index contributed by atoms with van der Waals surface area (Å²) in [4.78, 5) is 46.6. The lowest BCUT2D eigenvalue weighted by atomic mass is 10.0. The predicted octanol–water partition coefficient (Wildman–Crippen LogP) is 4.13. The monoisotopic (exact) mass is 479 g/mol. The van der Waals surface area contributed by atoms with Crippen molar-refractivity contribution in [2.24, 2.45) is 0 Å². The number of nitrogens with one attached hydrogen (secondary N) is 2. The molecular weight excluding hydrogens is 450 g/mol. The number of amides is 4. The summed E-state index contributed by atoms with van der Waals surface area (Å²) < 4.78 is 10.8. The highest BCUT2D eigenvalue weighted by atomic mass is 16.5. The molecule has 0 aliphatic rings. The lowest BCUT2D eigenvalue weighted by Crippen LogP contribution is -2.43. The number of ether oxygens (including phenoxy) is 2. The molecule has 4 amide bonds. The molecule has 0 aliphatic carbocycles. The number of methoxy groups -OCH3 is 2. The van der Waals surface area contributed by atoms with Crippen molar-refractivity contribution in [2.75, 3.05) is 24.4 Å². The van der Waals surface area contributed by atoms with Crippen LogP contribution < -0.4 is 25.0 Å². The molecule has 0 saturated carbocycles. The van der Waals surface area contributed by atoms with E-state index in [0.29, 0.717) is 33.5 Å². The fourth-order valence-electron chi connectivity index (χ4n) is 3.48. The molecule has 0 unspecified atom stereocenters. The Balaban J connectivity index is 2.21. The van der Waals surface area contributed by atoms with Gasteiger partial charge in [0.2, 0.25) is 11.8 Å². The Kier molecular flexibility index (Phi) is 7.23. The predicted molar refractivity (Wildman–Crippen MR) is 134 cm³/mol. The van der Waals surface area contributed by atoms with Gasteiger partial charge in [-0.25, -0.2) is 19.7 Å². The number of carbonyl (C=O) groups is 3. The van der Waals surface area contributed by atoms with Crippen molar-refractivity contribution in [3.05, 3.63) is 36.5 Å². The number of hydrogen-bond donors (Lipinski definition) is 2. The van der Waals surface area contributed by atoms with Crippen LogP contribution in [0.5, 0.6) is 11.5 Å². The number of aromatic nitrogens is 2. The van der Waals surface area contributed by atoms with Gasteiger partial charge in [-0.1, -0.05) is 0 Å². The van der Waals surface area contributed by atoms with Gasteiger partial charge in [0.05, 0.1) is 19.7 Å². The topological polar surface area (TPSA) is 123 Å². The Bertz CT molecular complexity index is 1260. The number of pyridine rings is 2. The molecule has 184 valence electrons. The van der Waals surface area contributed by atoms with Crippen molar-refractivity contribution in [3.63, 3.8) is 0 Å². The second-order valence-electron chi connectivity index (χ2n) is 8.92. The number of benzene rings is 1. The van der Waals surface area contributed by atoms with Crippen LogP contribution in [0.2, 0.25) is 0 Å². The van der Waals surface area contributed by atoms with Crippen molar-refractivity contribution < 1.29 is 23.9 Å². The summed E-state index contributed by atoms with van der Waals surface area (Å²) in [5.41, 5.74) is 1.26. The SMILES string of the molecule is COc1cc(OC)cc(-c2cc3cnc(N(C(C)=O)C(C)=O)cc3nc2NC(=O)NC(C)(C)C)c1. The molecule has 10 heteroatoms. The quantitative estimate of drug-likeness (QED) is 0.564. The number of anilines is 2. The van der Waals surface area contributed by atoms with Crippen LogP contribution in [0.3, 0.4) is 0 Å². The highest BCUT2D eigenvalue weighted by molar-refractivity contribution is 6.13. The second kappa shape index (κ2) is 9.96. The average molecular weight is 480 g/mol. The molecule has 0 spiro atoms. The maximum Gasteiger partial charge on any atom is 0.320 e. The van der Waals surface area contributed by atoms with Gasteiger partial charge in [0.15, 0.2) is 0 Å². The smallest absolute Gasteiger partial charge is 0.320 e. The minimum absolute atomic E-state index is 0.144. The lowest BCUT2D eigenvalue weighted by molar-refractivity contribution is -0.124. The molecule has 0 bridgehead atoms. The molecular formula is C25H29N5O5. The first-order valence-electron chi connectivity index (χ1n) is 10.9. The zero-order chi connectivity index (χ0) is 25.9.